The van der Waals surface area contributed by atoms with E-state index >= 15 is 0 Å². The molecule has 0 radical (unpaired) electrons. The van der Waals surface area contributed by atoms with E-state index in [4.69, 9.17) is 0 Å². The zero-order chi connectivity index (χ0) is 17.6. The predicted molar refractivity (Wildman–Crippen MR) is 93.9 cm³/mol. The third kappa shape index (κ3) is 4.79. The number of hydrogen-bond acceptors (Lipinski definition) is 6. The third-order valence-corrected chi connectivity index (χ3v) is 4.96. The number of urea groups is 1. The first-order chi connectivity index (χ1) is 12.1. The number of hydrogen-bond donors (Lipinski definition) is 3. The SMILES string of the molecule is C[C@@H](Sc1n[nH]c(-c2ccncc2)n1)C(=O)NC(=O)NC1CCCC1. The van der Waals surface area contributed by atoms with Gasteiger partial charge in [-0.3, -0.25) is 20.2 Å². The lowest BCUT2D eigenvalue weighted by Crippen LogP contribution is -2.45. The highest BCUT2D eigenvalue weighted by atomic mass is 32.2. The predicted octanol–water partition coefficient (Wildman–Crippen LogP) is 2.12. The quantitative estimate of drug-likeness (QED) is 0.704. The van der Waals surface area contributed by atoms with Gasteiger partial charge in [0.15, 0.2) is 5.82 Å². The summed E-state index contributed by atoms with van der Waals surface area (Å²) in [4.78, 5) is 32.3. The van der Waals surface area contributed by atoms with Crippen molar-refractivity contribution in [1.82, 2.24) is 30.8 Å². The normalized spacial score (nSPS) is 15.7. The number of imide groups is 1. The van der Waals surface area contributed by atoms with Crippen molar-refractivity contribution < 1.29 is 9.59 Å². The van der Waals surface area contributed by atoms with E-state index in [-0.39, 0.29) is 11.9 Å². The molecule has 2 heterocycles. The molecule has 0 aromatic carbocycles. The van der Waals surface area contributed by atoms with Crippen LogP contribution in [0.5, 0.6) is 0 Å². The molecule has 0 unspecified atom stereocenters. The zero-order valence-electron chi connectivity index (χ0n) is 13.9. The Hall–Kier alpha value is -2.42. The van der Waals surface area contributed by atoms with Crippen molar-refractivity contribution in [2.75, 3.05) is 0 Å². The number of H-pyrrole nitrogens is 1. The minimum Gasteiger partial charge on any atom is -0.335 e. The van der Waals surface area contributed by atoms with Crippen LogP contribution in [0.4, 0.5) is 4.79 Å². The summed E-state index contributed by atoms with van der Waals surface area (Å²) in [5, 5.41) is 12.1. The third-order valence-electron chi connectivity index (χ3n) is 4.00. The Balaban J connectivity index is 1.51. The summed E-state index contributed by atoms with van der Waals surface area (Å²) in [6.07, 6.45) is 7.53. The molecular weight excluding hydrogens is 340 g/mol. The van der Waals surface area contributed by atoms with E-state index in [1.165, 1.54) is 11.8 Å². The van der Waals surface area contributed by atoms with Crippen LogP contribution in [0.25, 0.3) is 11.4 Å². The van der Waals surface area contributed by atoms with Gasteiger partial charge in [-0.2, -0.15) is 0 Å². The first-order valence-electron chi connectivity index (χ1n) is 8.22. The highest BCUT2D eigenvalue weighted by molar-refractivity contribution is 8.00. The minimum absolute atomic E-state index is 0.173. The number of aromatic nitrogens is 4. The fourth-order valence-corrected chi connectivity index (χ4v) is 3.38. The van der Waals surface area contributed by atoms with Gasteiger partial charge < -0.3 is 5.32 Å². The molecule has 8 nitrogen and oxygen atoms in total. The molecule has 2 aromatic heterocycles. The van der Waals surface area contributed by atoms with Crippen LogP contribution in [0.2, 0.25) is 0 Å². The summed E-state index contributed by atoms with van der Waals surface area (Å²) < 4.78 is 0. The molecule has 1 aliphatic rings. The van der Waals surface area contributed by atoms with E-state index < -0.39 is 11.3 Å². The molecule has 2 aromatic rings. The molecule has 3 N–H and O–H groups in total. The Morgan fingerprint density at radius 1 is 1.28 bits per heavy atom. The fourth-order valence-electron chi connectivity index (χ4n) is 2.65. The van der Waals surface area contributed by atoms with E-state index in [1.807, 2.05) is 12.1 Å². The molecule has 1 atom stereocenters. The Labute approximate surface area is 149 Å². The van der Waals surface area contributed by atoms with Gasteiger partial charge >= 0.3 is 6.03 Å². The summed E-state index contributed by atoms with van der Waals surface area (Å²) >= 11 is 1.19. The molecule has 1 saturated carbocycles. The van der Waals surface area contributed by atoms with Gasteiger partial charge in [-0.25, -0.2) is 9.78 Å². The molecule has 0 bridgehead atoms. The van der Waals surface area contributed by atoms with Crippen molar-refractivity contribution in [2.45, 2.75) is 49.1 Å². The van der Waals surface area contributed by atoms with Gasteiger partial charge in [0.2, 0.25) is 11.1 Å². The lowest BCUT2D eigenvalue weighted by molar-refractivity contribution is -0.119. The van der Waals surface area contributed by atoms with E-state index in [0.29, 0.717) is 11.0 Å². The summed E-state index contributed by atoms with van der Waals surface area (Å²) in [6, 6.07) is 3.38. The van der Waals surface area contributed by atoms with Crippen LogP contribution in [0.3, 0.4) is 0 Å². The van der Waals surface area contributed by atoms with Crippen molar-refractivity contribution in [1.29, 1.82) is 0 Å². The maximum absolute atomic E-state index is 12.1. The van der Waals surface area contributed by atoms with Crippen molar-refractivity contribution >= 4 is 23.7 Å². The van der Waals surface area contributed by atoms with Crippen LogP contribution < -0.4 is 10.6 Å². The lowest BCUT2D eigenvalue weighted by Gasteiger charge is -2.14. The number of nitrogens with zero attached hydrogens (tertiary/aromatic N) is 3. The van der Waals surface area contributed by atoms with Crippen LogP contribution in [0.1, 0.15) is 32.6 Å². The van der Waals surface area contributed by atoms with Crippen LogP contribution in [-0.2, 0) is 4.79 Å². The number of rotatable bonds is 5. The van der Waals surface area contributed by atoms with Gasteiger partial charge in [-0.05, 0) is 31.9 Å². The second kappa shape index (κ2) is 8.11. The molecule has 9 heteroatoms. The Morgan fingerprint density at radius 3 is 2.72 bits per heavy atom. The molecule has 25 heavy (non-hydrogen) atoms. The molecule has 0 aliphatic heterocycles. The summed E-state index contributed by atoms with van der Waals surface area (Å²) in [6.45, 7) is 1.71. The minimum atomic E-state index is -0.490. The van der Waals surface area contributed by atoms with Crippen molar-refractivity contribution in [2.24, 2.45) is 0 Å². The summed E-state index contributed by atoms with van der Waals surface area (Å²) in [5.41, 5.74) is 0.863. The van der Waals surface area contributed by atoms with Crippen LogP contribution in [0.15, 0.2) is 29.7 Å². The molecule has 0 spiro atoms. The Morgan fingerprint density at radius 2 is 2.00 bits per heavy atom. The molecular formula is C16H20N6O2S. The van der Waals surface area contributed by atoms with E-state index in [1.54, 1.807) is 19.3 Å². The van der Waals surface area contributed by atoms with Gasteiger partial charge in [-0.1, -0.05) is 24.6 Å². The standard InChI is InChI=1S/C16H20N6O2S/c1-10(14(23)20-15(24)18-12-4-2-3-5-12)25-16-19-13(21-22-16)11-6-8-17-9-7-11/h6-10,12H,2-5H2,1H3,(H,19,21,22)(H2,18,20,23,24)/t10-/m1/s1. The number of amides is 3. The molecule has 1 fully saturated rings. The number of nitrogens with one attached hydrogen (secondary N) is 3. The number of thioether (sulfide) groups is 1. The van der Waals surface area contributed by atoms with Gasteiger partial charge in [0.25, 0.3) is 0 Å². The van der Waals surface area contributed by atoms with Gasteiger partial charge in [0.1, 0.15) is 0 Å². The lowest BCUT2D eigenvalue weighted by atomic mass is 10.2. The second-order valence-electron chi connectivity index (χ2n) is 5.91. The maximum Gasteiger partial charge on any atom is 0.321 e. The fraction of sp³-hybridized carbons (Fsp3) is 0.438. The highest BCUT2D eigenvalue weighted by Crippen LogP contribution is 2.22. The average molecular weight is 360 g/mol. The van der Waals surface area contributed by atoms with Crippen molar-refractivity contribution in [3.05, 3.63) is 24.5 Å². The second-order valence-corrected chi connectivity index (χ2v) is 7.21. The van der Waals surface area contributed by atoms with Crippen molar-refractivity contribution in [3.63, 3.8) is 0 Å². The summed E-state index contributed by atoms with van der Waals surface area (Å²) in [7, 11) is 0. The molecule has 132 valence electrons. The smallest absolute Gasteiger partial charge is 0.321 e. The van der Waals surface area contributed by atoms with Crippen LogP contribution in [-0.4, -0.2) is 43.4 Å². The van der Waals surface area contributed by atoms with E-state index in [0.717, 1.165) is 31.2 Å². The Kier molecular flexibility index (Phi) is 5.64. The van der Waals surface area contributed by atoms with Gasteiger partial charge in [0, 0.05) is 24.0 Å². The molecule has 3 amide bonds. The first-order valence-corrected chi connectivity index (χ1v) is 9.10. The number of carbonyl (C=O) groups excluding carboxylic acids is 2. The topological polar surface area (TPSA) is 113 Å². The van der Waals surface area contributed by atoms with Crippen LogP contribution in [0, 0.1) is 0 Å². The highest BCUT2D eigenvalue weighted by Gasteiger charge is 2.22. The van der Waals surface area contributed by atoms with E-state index in [2.05, 4.69) is 30.8 Å². The molecule has 1 aliphatic carbocycles. The number of carbonyl (C=O) groups is 2. The molecule has 0 saturated heterocycles. The number of aromatic amines is 1. The van der Waals surface area contributed by atoms with Gasteiger partial charge in [0.05, 0.1) is 5.25 Å². The van der Waals surface area contributed by atoms with Crippen molar-refractivity contribution in [3.8, 4) is 11.4 Å². The molecule has 3 rings (SSSR count). The van der Waals surface area contributed by atoms with Gasteiger partial charge in [-0.15, -0.1) is 5.10 Å². The Bertz CT molecular complexity index is 729. The van der Waals surface area contributed by atoms with Crippen LogP contribution >= 0.6 is 11.8 Å². The monoisotopic (exact) mass is 360 g/mol. The first kappa shape index (κ1) is 17.4. The number of pyridine rings is 1. The maximum atomic E-state index is 12.1. The van der Waals surface area contributed by atoms with E-state index in [9.17, 15) is 9.59 Å². The largest absolute Gasteiger partial charge is 0.335 e. The zero-order valence-corrected chi connectivity index (χ0v) is 14.7. The average Bonchev–Trinajstić information content (AvgIpc) is 3.27. The summed E-state index contributed by atoms with van der Waals surface area (Å²) in [5.74, 6) is 0.243.